The predicted octanol–water partition coefficient (Wildman–Crippen LogP) is 2.07. The third-order valence-electron chi connectivity index (χ3n) is 13.1. The standard InChI is InChI=1S/C44H44N8O15/c1-18-10-11-43(17-63-20(3)53)29(12-18)65-33-31(32(64-21(4)54)42(43,5)44(33)19(2)67-44)66-40(62)28-14-26(38(58)59)25(13-27(28)39(60)61)36(56)52-51-35(55)22-6-8-23(9-7-22)46-15-24-16-47-34-30(48-24)37(57)50-41(45)49-34/h6-9,12-14,16,19,29,31-33,46H,10-11,15,17H2,1-5H3,(H,51,55)(H,52,56)(H,58,59)(H,60,61)(H3,45,47,49,50,57)/t19-,29-,31-,32-,33-,42-,43-,44+/m1/s1. The number of nitrogen functional groups attached to an aromatic ring is 1. The molecule has 23 heteroatoms. The van der Waals surface area contributed by atoms with E-state index in [1.165, 1.54) is 37.4 Å². The van der Waals surface area contributed by atoms with Crippen LogP contribution in [0.15, 0.2) is 59.0 Å². The van der Waals surface area contributed by atoms with Gasteiger partial charge in [-0.25, -0.2) is 24.4 Å². The first-order valence-electron chi connectivity index (χ1n) is 20.8. The zero-order valence-electron chi connectivity index (χ0n) is 36.5. The lowest BCUT2D eigenvalue weighted by Crippen LogP contribution is -2.67. The molecule has 8 atom stereocenters. The summed E-state index contributed by atoms with van der Waals surface area (Å²) in [6, 6.07) is 7.18. The van der Waals surface area contributed by atoms with Crippen LogP contribution in [0.3, 0.4) is 0 Å². The van der Waals surface area contributed by atoms with E-state index in [9.17, 15) is 48.6 Å². The number of aromatic nitrogens is 4. The molecule has 8 rings (SSSR count). The van der Waals surface area contributed by atoms with Gasteiger partial charge in [0.25, 0.3) is 17.4 Å². The van der Waals surface area contributed by atoms with Crippen molar-refractivity contribution in [3.63, 3.8) is 0 Å². The van der Waals surface area contributed by atoms with Crippen molar-refractivity contribution in [3.8, 4) is 0 Å². The maximum absolute atomic E-state index is 14.3. The van der Waals surface area contributed by atoms with Gasteiger partial charge in [0.2, 0.25) is 5.95 Å². The number of benzene rings is 2. The van der Waals surface area contributed by atoms with Crippen LogP contribution < -0.4 is 27.5 Å². The molecule has 23 nitrogen and oxygen atoms in total. The number of nitrogens with two attached hydrogens (primary N) is 1. The number of esters is 3. The van der Waals surface area contributed by atoms with Crippen LogP contribution in [0, 0.1) is 10.8 Å². The summed E-state index contributed by atoms with van der Waals surface area (Å²) in [6.07, 6.45) is -0.894. The molecule has 2 aliphatic heterocycles. The Kier molecular flexibility index (Phi) is 11.5. The van der Waals surface area contributed by atoms with E-state index in [0.717, 1.165) is 12.5 Å². The maximum Gasteiger partial charge on any atom is 0.339 e. The first kappa shape index (κ1) is 45.8. The summed E-state index contributed by atoms with van der Waals surface area (Å²) in [5.74, 6) is -8.34. The minimum absolute atomic E-state index is 0.00604. The fourth-order valence-corrected chi connectivity index (χ4v) is 9.91. The third-order valence-corrected chi connectivity index (χ3v) is 13.1. The zero-order valence-corrected chi connectivity index (χ0v) is 36.5. The number of hydrogen-bond acceptors (Lipinski definition) is 18. The highest BCUT2D eigenvalue weighted by Crippen LogP contribution is 2.74. The summed E-state index contributed by atoms with van der Waals surface area (Å²) in [5.41, 5.74) is 4.52. The largest absolute Gasteiger partial charge is 0.478 e. The average Bonchev–Trinajstić information content (AvgIpc) is 3.94. The van der Waals surface area contributed by atoms with Gasteiger partial charge in [0.1, 0.15) is 18.3 Å². The van der Waals surface area contributed by atoms with Crippen LogP contribution >= 0.6 is 0 Å². The van der Waals surface area contributed by atoms with E-state index in [0.29, 0.717) is 36.4 Å². The van der Waals surface area contributed by atoms with Gasteiger partial charge in [0.15, 0.2) is 23.4 Å². The lowest BCUT2D eigenvalue weighted by Gasteiger charge is -2.58. The zero-order chi connectivity index (χ0) is 48.3. The topological polar surface area (TPSA) is 343 Å². The van der Waals surface area contributed by atoms with Crippen molar-refractivity contribution in [3.05, 3.63) is 98.1 Å². The Hall–Kier alpha value is -7.79. The van der Waals surface area contributed by atoms with Crippen LogP contribution in [0.1, 0.15) is 105 Å². The Labute approximate surface area is 378 Å². The summed E-state index contributed by atoms with van der Waals surface area (Å²) in [4.78, 5) is 118. The molecule has 2 aromatic carbocycles. The maximum atomic E-state index is 14.3. The predicted molar refractivity (Wildman–Crippen MR) is 228 cm³/mol. The molecule has 2 saturated heterocycles. The normalized spacial score (nSPS) is 26.6. The molecule has 3 fully saturated rings. The van der Waals surface area contributed by atoms with E-state index in [4.69, 9.17) is 29.4 Å². The van der Waals surface area contributed by atoms with Gasteiger partial charge in [-0.3, -0.25) is 39.8 Å². The number of rotatable bonds is 12. The van der Waals surface area contributed by atoms with Crippen molar-refractivity contribution in [1.82, 2.24) is 30.8 Å². The molecule has 1 saturated carbocycles. The fraction of sp³-hybridized carbons (Fsp3) is 0.386. The number of carboxylic acids is 2. The smallest absolute Gasteiger partial charge is 0.339 e. The number of nitrogens with zero attached hydrogens (tertiary/aromatic N) is 3. The average molecular weight is 925 g/mol. The number of epoxide rings is 1. The number of amides is 2. The molecule has 2 aliphatic carbocycles. The van der Waals surface area contributed by atoms with Gasteiger partial charge in [0, 0.05) is 30.5 Å². The van der Waals surface area contributed by atoms with Crippen molar-refractivity contribution in [2.45, 2.75) is 90.1 Å². The summed E-state index contributed by atoms with van der Waals surface area (Å²) in [7, 11) is 0. The number of ether oxygens (including phenoxy) is 5. The molecule has 4 heterocycles. The van der Waals surface area contributed by atoms with E-state index in [1.54, 1.807) is 13.8 Å². The summed E-state index contributed by atoms with van der Waals surface area (Å²) in [5, 5.41) is 23.6. The summed E-state index contributed by atoms with van der Waals surface area (Å²) < 4.78 is 30.7. The van der Waals surface area contributed by atoms with Crippen LogP contribution in [0.2, 0.25) is 0 Å². The fourth-order valence-electron chi connectivity index (χ4n) is 9.91. The van der Waals surface area contributed by atoms with E-state index in [2.05, 4.69) is 36.1 Å². The molecule has 350 valence electrons. The van der Waals surface area contributed by atoms with Gasteiger partial charge < -0.3 is 44.9 Å². The molecule has 1 spiro atoms. The minimum Gasteiger partial charge on any atom is -0.478 e. The van der Waals surface area contributed by atoms with Crippen molar-refractivity contribution in [2.24, 2.45) is 10.8 Å². The van der Waals surface area contributed by atoms with Gasteiger partial charge in [-0.2, -0.15) is 4.98 Å². The van der Waals surface area contributed by atoms with Crippen LogP contribution in [0.25, 0.3) is 11.2 Å². The number of carbonyl (C=O) groups excluding carboxylic acids is 5. The Morgan fingerprint density at radius 3 is 2.22 bits per heavy atom. The highest BCUT2D eigenvalue weighted by atomic mass is 16.7. The van der Waals surface area contributed by atoms with E-state index in [-0.39, 0.29) is 35.8 Å². The number of hydrazine groups is 1. The van der Waals surface area contributed by atoms with Gasteiger partial charge in [-0.15, -0.1) is 0 Å². The highest BCUT2D eigenvalue weighted by molar-refractivity contribution is 6.11. The van der Waals surface area contributed by atoms with Gasteiger partial charge in [-0.05, 0) is 63.1 Å². The first-order valence-corrected chi connectivity index (χ1v) is 20.8. The van der Waals surface area contributed by atoms with Crippen LogP contribution in [-0.4, -0.2) is 115 Å². The van der Waals surface area contributed by atoms with Gasteiger partial charge >= 0.3 is 29.8 Å². The molecule has 0 unspecified atom stereocenters. The van der Waals surface area contributed by atoms with Gasteiger partial charge in [-0.1, -0.05) is 18.6 Å². The number of anilines is 2. The molecule has 2 aromatic heterocycles. The van der Waals surface area contributed by atoms with Crippen LogP contribution in [-0.2, 0) is 39.8 Å². The van der Waals surface area contributed by atoms with Crippen LogP contribution in [0.4, 0.5) is 11.6 Å². The first-order chi connectivity index (χ1) is 31.7. The van der Waals surface area contributed by atoms with Crippen molar-refractivity contribution in [1.29, 1.82) is 0 Å². The molecule has 4 aliphatic rings. The number of H-pyrrole nitrogens is 1. The number of carbonyl (C=O) groups is 7. The molecule has 0 radical (unpaired) electrons. The lowest BCUT2D eigenvalue weighted by atomic mass is 9.50. The monoisotopic (exact) mass is 924 g/mol. The third kappa shape index (κ3) is 7.73. The Morgan fingerprint density at radius 1 is 0.925 bits per heavy atom. The highest BCUT2D eigenvalue weighted by Gasteiger charge is 2.89. The summed E-state index contributed by atoms with van der Waals surface area (Å²) in [6.45, 7) is 7.85. The number of aromatic carboxylic acids is 2. The van der Waals surface area contributed by atoms with Crippen molar-refractivity contribution in [2.75, 3.05) is 17.7 Å². The Balaban J connectivity index is 1.01. The van der Waals surface area contributed by atoms with E-state index >= 15 is 0 Å². The number of nitrogens with one attached hydrogen (secondary N) is 4. The molecular formula is C44H44N8O15. The van der Waals surface area contributed by atoms with E-state index in [1.807, 2.05) is 13.0 Å². The summed E-state index contributed by atoms with van der Waals surface area (Å²) >= 11 is 0. The number of hydrogen-bond donors (Lipinski definition) is 7. The SMILES string of the molecule is CC(=O)OC[C@]12CCC(C)=C[C@H]1O[C@@H]1[C@H](OC(=O)c3cc(C(=O)O)c(C(=O)NNC(=O)c4ccc(NCc5cnc6nc(N)[nH]c(=O)c6n5)cc4)cc3C(=O)O)[C@@H](OC(C)=O)[C@@]2(C)[C@@]12O[C@@H]2C. The minimum atomic E-state index is -1.74. The number of aromatic amines is 1. The quantitative estimate of drug-likeness (QED) is 0.0351. The van der Waals surface area contributed by atoms with Crippen molar-refractivity contribution < 1.29 is 67.5 Å². The molecular weight excluding hydrogens is 881 g/mol. The molecule has 8 N–H and O–H groups in total. The van der Waals surface area contributed by atoms with E-state index < -0.39 is 116 Å². The van der Waals surface area contributed by atoms with Gasteiger partial charge in [0.05, 0.1) is 58.3 Å². The number of fused-ring (bicyclic) bond motifs is 3. The molecule has 2 amide bonds. The molecule has 67 heavy (non-hydrogen) atoms. The lowest BCUT2D eigenvalue weighted by molar-refractivity contribution is -0.234. The van der Waals surface area contributed by atoms with Crippen LogP contribution in [0.5, 0.6) is 0 Å². The van der Waals surface area contributed by atoms with Crippen molar-refractivity contribution >= 4 is 64.5 Å². The second-order valence-electron chi connectivity index (χ2n) is 17.0. The second kappa shape index (κ2) is 16.9. The Bertz CT molecular complexity index is 2890. The molecule has 4 aromatic rings. The Morgan fingerprint density at radius 2 is 1.58 bits per heavy atom. The number of allylic oxidation sites excluding steroid dienone is 1. The molecule has 2 bridgehead atoms. The number of carboxylic acid groups (broad SMARTS) is 2. The second-order valence-corrected chi connectivity index (χ2v) is 17.0.